The van der Waals surface area contributed by atoms with Crippen LogP contribution in [0.4, 0.5) is 5.88 Å². The third kappa shape index (κ3) is 2.94. The number of hydrogen-bond acceptors (Lipinski definition) is 5. The molecule has 22 heavy (non-hydrogen) atoms. The first kappa shape index (κ1) is 14.9. The summed E-state index contributed by atoms with van der Waals surface area (Å²) in [5.41, 5.74) is 1.09. The lowest BCUT2D eigenvalue weighted by atomic mass is 10.2. The average Bonchev–Trinajstić information content (AvgIpc) is 2.91. The van der Waals surface area contributed by atoms with E-state index in [2.05, 4.69) is 11.1 Å². The monoisotopic (exact) mass is 317 g/mol. The zero-order valence-electron chi connectivity index (χ0n) is 12.4. The maximum Gasteiger partial charge on any atom is 0.235 e. The number of anilines is 1. The smallest absolute Gasteiger partial charge is 0.235 e. The maximum absolute atomic E-state index is 9.33. The van der Waals surface area contributed by atoms with E-state index in [0.717, 1.165) is 5.56 Å². The van der Waals surface area contributed by atoms with Gasteiger partial charge in [-0.25, -0.2) is 0 Å². The van der Waals surface area contributed by atoms with Gasteiger partial charge in [-0.2, -0.15) is 10.2 Å². The third-order valence-electron chi connectivity index (χ3n) is 3.51. The Bertz CT molecular complexity index is 695. The van der Waals surface area contributed by atoms with E-state index < -0.39 is 0 Å². The summed E-state index contributed by atoms with van der Waals surface area (Å²) in [6.07, 6.45) is 0.166. The number of oxazole rings is 1. The van der Waals surface area contributed by atoms with Crippen molar-refractivity contribution in [3.05, 3.63) is 35.0 Å². The number of hydrogen-bond donors (Lipinski definition) is 0. The Hall–Kier alpha value is -2.03. The predicted octanol–water partition coefficient (Wildman–Crippen LogP) is 3.48. The minimum Gasteiger partial charge on any atom is -0.419 e. The van der Waals surface area contributed by atoms with Crippen LogP contribution < -0.4 is 4.90 Å². The molecular formula is C16H16ClN3O2. The lowest BCUT2D eigenvalue weighted by Gasteiger charge is -2.34. The molecule has 1 aliphatic rings. The summed E-state index contributed by atoms with van der Waals surface area (Å²) in [5, 5.41) is 9.98. The summed E-state index contributed by atoms with van der Waals surface area (Å²) in [5.74, 6) is 0.935. The molecule has 1 aliphatic heterocycles. The maximum atomic E-state index is 9.33. The van der Waals surface area contributed by atoms with Crippen LogP contribution in [0.15, 0.2) is 28.7 Å². The molecule has 0 unspecified atom stereocenters. The first-order chi connectivity index (χ1) is 10.6. The van der Waals surface area contributed by atoms with Crippen molar-refractivity contribution in [3.63, 3.8) is 0 Å². The summed E-state index contributed by atoms with van der Waals surface area (Å²) in [4.78, 5) is 6.32. The van der Waals surface area contributed by atoms with Crippen molar-refractivity contribution >= 4 is 17.5 Å². The van der Waals surface area contributed by atoms with Gasteiger partial charge in [-0.15, -0.1) is 0 Å². The lowest BCUT2D eigenvalue weighted by Crippen LogP contribution is -2.45. The third-order valence-corrected chi connectivity index (χ3v) is 3.77. The van der Waals surface area contributed by atoms with Crippen LogP contribution in [0.1, 0.15) is 19.5 Å². The molecule has 5 nitrogen and oxygen atoms in total. The molecular weight excluding hydrogens is 302 g/mol. The van der Waals surface area contributed by atoms with Gasteiger partial charge >= 0.3 is 0 Å². The number of morpholine rings is 1. The van der Waals surface area contributed by atoms with Gasteiger partial charge in [0.1, 0.15) is 6.07 Å². The van der Waals surface area contributed by atoms with E-state index >= 15 is 0 Å². The van der Waals surface area contributed by atoms with E-state index in [1.165, 1.54) is 0 Å². The summed E-state index contributed by atoms with van der Waals surface area (Å²) >= 11 is 5.89. The summed E-state index contributed by atoms with van der Waals surface area (Å²) < 4.78 is 11.6. The Morgan fingerprint density at radius 3 is 2.45 bits per heavy atom. The summed E-state index contributed by atoms with van der Waals surface area (Å²) in [7, 11) is 0. The van der Waals surface area contributed by atoms with E-state index in [9.17, 15) is 5.26 Å². The van der Waals surface area contributed by atoms with E-state index in [-0.39, 0.29) is 12.2 Å². The van der Waals surface area contributed by atoms with Gasteiger partial charge in [0.25, 0.3) is 0 Å². The van der Waals surface area contributed by atoms with E-state index in [4.69, 9.17) is 20.8 Å². The molecule has 0 N–H and O–H groups in total. The Kier molecular flexibility index (Phi) is 4.06. The van der Waals surface area contributed by atoms with Gasteiger partial charge in [0.05, 0.1) is 12.2 Å². The second-order valence-corrected chi connectivity index (χ2v) is 5.89. The molecule has 1 aromatic carbocycles. The predicted molar refractivity (Wildman–Crippen MR) is 83.9 cm³/mol. The highest BCUT2D eigenvalue weighted by molar-refractivity contribution is 6.30. The molecule has 114 valence electrons. The number of benzene rings is 1. The van der Waals surface area contributed by atoms with Gasteiger partial charge < -0.3 is 14.1 Å². The van der Waals surface area contributed by atoms with Gasteiger partial charge in [-0.05, 0) is 38.1 Å². The molecule has 0 saturated carbocycles. The Balaban J connectivity index is 1.95. The fourth-order valence-corrected chi connectivity index (χ4v) is 2.78. The van der Waals surface area contributed by atoms with Crippen molar-refractivity contribution in [3.8, 4) is 17.5 Å². The topological polar surface area (TPSA) is 62.3 Å². The SMILES string of the molecule is C[C@H]1CN(c2oc(-c3ccc(Cl)cc3)nc2C#N)C[C@H](C)O1. The zero-order chi connectivity index (χ0) is 15.7. The van der Waals surface area contributed by atoms with Crippen molar-refractivity contribution in [2.24, 2.45) is 0 Å². The van der Waals surface area contributed by atoms with Gasteiger partial charge in [0.15, 0.2) is 0 Å². The van der Waals surface area contributed by atoms with Crippen LogP contribution in [0.25, 0.3) is 11.5 Å². The Labute approximate surface area is 134 Å². The quantitative estimate of drug-likeness (QED) is 0.848. The van der Waals surface area contributed by atoms with Crippen molar-refractivity contribution in [2.75, 3.05) is 18.0 Å². The van der Waals surface area contributed by atoms with Crippen molar-refractivity contribution < 1.29 is 9.15 Å². The molecule has 0 radical (unpaired) electrons. The molecule has 0 aliphatic carbocycles. The second kappa shape index (κ2) is 5.99. The summed E-state index contributed by atoms with van der Waals surface area (Å²) in [6, 6.07) is 9.30. The van der Waals surface area contributed by atoms with Crippen LogP contribution >= 0.6 is 11.6 Å². The van der Waals surface area contributed by atoms with Crippen LogP contribution in [0.2, 0.25) is 5.02 Å². The minimum absolute atomic E-state index is 0.0828. The molecule has 1 aromatic heterocycles. The molecule has 2 atom stereocenters. The van der Waals surface area contributed by atoms with Crippen LogP contribution in [0.5, 0.6) is 0 Å². The average molecular weight is 318 g/mol. The Morgan fingerprint density at radius 1 is 1.23 bits per heavy atom. The number of nitrogens with zero attached hydrogens (tertiary/aromatic N) is 3. The zero-order valence-corrected chi connectivity index (χ0v) is 13.2. The van der Waals surface area contributed by atoms with Crippen molar-refractivity contribution in [2.45, 2.75) is 26.1 Å². The Morgan fingerprint density at radius 2 is 1.86 bits per heavy atom. The fourth-order valence-electron chi connectivity index (χ4n) is 2.66. The number of aromatic nitrogens is 1. The van der Waals surface area contributed by atoms with Crippen molar-refractivity contribution in [1.82, 2.24) is 4.98 Å². The van der Waals surface area contributed by atoms with Crippen LogP contribution in [0.3, 0.4) is 0 Å². The number of halogens is 1. The fraction of sp³-hybridized carbons (Fsp3) is 0.375. The number of nitriles is 1. The molecule has 0 spiro atoms. The molecule has 1 fully saturated rings. The first-order valence-electron chi connectivity index (χ1n) is 7.14. The molecule has 0 amide bonds. The van der Waals surface area contributed by atoms with E-state index in [1.54, 1.807) is 12.1 Å². The largest absolute Gasteiger partial charge is 0.419 e. The van der Waals surface area contributed by atoms with Gasteiger partial charge in [-0.3, -0.25) is 0 Å². The van der Waals surface area contributed by atoms with Crippen molar-refractivity contribution in [1.29, 1.82) is 5.26 Å². The highest BCUT2D eigenvalue weighted by atomic mass is 35.5. The minimum atomic E-state index is 0.0828. The molecule has 3 rings (SSSR count). The van der Waals surface area contributed by atoms with Crippen LogP contribution in [0, 0.1) is 11.3 Å². The first-order valence-corrected chi connectivity index (χ1v) is 7.52. The number of rotatable bonds is 2. The summed E-state index contributed by atoms with van der Waals surface area (Å²) in [6.45, 7) is 5.36. The second-order valence-electron chi connectivity index (χ2n) is 5.45. The van der Waals surface area contributed by atoms with Gasteiger partial charge in [0, 0.05) is 23.7 Å². The highest BCUT2D eigenvalue weighted by Crippen LogP contribution is 2.30. The normalized spacial score (nSPS) is 21.6. The van der Waals surface area contributed by atoms with E-state index in [1.807, 2.05) is 30.9 Å². The van der Waals surface area contributed by atoms with Crippen LogP contribution in [-0.2, 0) is 4.74 Å². The molecule has 0 bridgehead atoms. The molecule has 2 heterocycles. The molecule has 1 saturated heterocycles. The number of ether oxygens (including phenoxy) is 1. The van der Waals surface area contributed by atoms with E-state index in [0.29, 0.717) is 35.6 Å². The lowest BCUT2D eigenvalue weighted by molar-refractivity contribution is -0.00638. The van der Waals surface area contributed by atoms with Crippen LogP contribution in [-0.4, -0.2) is 30.3 Å². The standard InChI is InChI=1S/C16H16ClN3O2/c1-10-8-20(9-11(2)21-10)16-14(7-18)19-15(22-16)12-3-5-13(17)6-4-12/h3-6,10-11H,8-9H2,1-2H3/t10-,11-/m0/s1. The van der Waals surface area contributed by atoms with Gasteiger partial charge in [-0.1, -0.05) is 11.6 Å². The van der Waals surface area contributed by atoms with Gasteiger partial charge in [0.2, 0.25) is 17.5 Å². The highest BCUT2D eigenvalue weighted by Gasteiger charge is 2.28. The molecule has 2 aromatic rings. The molecule has 6 heteroatoms.